The fourth-order valence-electron chi connectivity index (χ4n) is 4.20. The summed E-state index contributed by atoms with van der Waals surface area (Å²) < 4.78 is 40.6. The van der Waals surface area contributed by atoms with E-state index < -0.39 is 22.0 Å². The molecular weight excluding hydrogens is 500 g/mol. The summed E-state index contributed by atoms with van der Waals surface area (Å²) in [6.45, 7) is 10.6. The van der Waals surface area contributed by atoms with Crippen LogP contribution in [0.5, 0.6) is 11.5 Å². The smallest absolute Gasteiger partial charge is 0.264 e. The van der Waals surface area contributed by atoms with Gasteiger partial charge in [0, 0.05) is 0 Å². The number of fused-ring (bicyclic) bond motifs is 1. The number of carbonyl (C=O) groups is 1. The van der Waals surface area contributed by atoms with Crippen molar-refractivity contribution in [1.29, 1.82) is 0 Å². The Kier molecular flexibility index (Phi) is 8.02. The first kappa shape index (κ1) is 27.5. The van der Waals surface area contributed by atoms with Crippen LogP contribution < -0.4 is 19.1 Å². The van der Waals surface area contributed by atoms with Gasteiger partial charge in [0.2, 0.25) is 0 Å². The van der Waals surface area contributed by atoms with Gasteiger partial charge < -0.3 is 14.8 Å². The van der Waals surface area contributed by atoms with Crippen molar-refractivity contribution < 1.29 is 22.7 Å². The third kappa shape index (κ3) is 6.13. The molecule has 1 aliphatic heterocycles. The van der Waals surface area contributed by atoms with E-state index in [1.807, 2.05) is 43.3 Å². The largest absolute Gasteiger partial charge is 0.492 e. The van der Waals surface area contributed by atoms with E-state index in [9.17, 15) is 13.2 Å². The van der Waals surface area contributed by atoms with E-state index in [-0.39, 0.29) is 30.0 Å². The van der Waals surface area contributed by atoms with Crippen LogP contribution in [0.3, 0.4) is 0 Å². The lowest BCUT2D eigenvalue weighted by molar-refractivity contribution is -0.127. The summed E-state index contributed by atoms with van der Waals surface area (Å²) in [5, 5.41) is 2.82. The first-order chi connectivity index (χ1) is 18.0. The first-order valence-electron chi connectivity index (χ1n) is 12.9. The zero-order chi connectivity index (χ0) is 27.5. The molecule has 202 valence electrons. The molecule has 1 heterocycles. The van der Waals surface area contributed by atoms with Gasteiger partial charge in [-0.3, -0.25) is 9.10 Å². The van der Waals surface area contributed by atoms with Gasteiger partial charge in [-0.2, -0.15) is 0 Å². The van der Waals surface area contributed by atoms with Gasteiger partial charge in [0.1, 0.15) is 18.1 Å². The van der Waals surface area contributed by atoms with Crippen molar-refractivity contribution in [2.45, 2.75) is 57.5 Å². The fraction of sp³-hybridized carbons (Fsp3) is 0.367. The van der Waals surface area contributed by atoms with Crippen molar-refractivity contribution >= 4 is 21.6 Å². The van der Waals surface area contributed by atoms with E-state index >= 15 is 0 Å². The maximum Gasteiger partial charge on any atom is 0.264 e. The van der Waals surface area contributed by atoms with Crippen LogP contribution >= 0.6 is 0 Å². The minimum absolute atomic E-state index is 0.137. The Morgan fingerprint density at radius 3 is 2.37 bits per heavy atom. The minimum Gasteiger partial charge on any atom is -0.492 e. The quantitative estimate of drug-likeness (QED) is 0.409. The van der Waals surface area contributed by atoms with E-state index in [0.717, 1.165) is 23.3 Å². The third-order valence-electron chi connectivity index (χ3n) is 6.60. The van der Waals surface area contributed by atoms with Crippen molar-refractivity contribution in [1.82, 2.24) is 5.32 Å². The van der Waals surface area contributed by atoms with E-state index in [1.165, 1.54) is 9.87 Å². The minimum atomic E-state index is -3.94. The molecular formula is C30H36N2O5S. The fourth-order valence-corrected chi connectivity index (χ4v) is 5.67. The molecule has 38 heavy (non-hydrogen) atoms. The molecule has 3 aromatic carbocycles. The second kappa shape index (κ2) is 11.1. The van der Waals surface area contributed by atoms with Crippen LogP contribution in [0.2, 0.25) is 0 Å². The Balaban J connectivity index is 1.52. The molecule has 0 fully saturated rings. The lowest BCUT2D eigenvalue weighted by Crippen LogP contribution is -2.51. The van der Waals surface area contributed by atoms with Crippen molar-refractivity contribution in [3.8, 4) is 11.5 Å². The van der Waals surface area contributed by atoms with Gasteiger partial charge in [0.05, 0.1) is 23.7 Å². The average molecular weight is 537 g/mol. The standard InChI is InChI=1S/C30H36N2O5S/c1-6-22-9-12-24(13-10-22)36-18-17-31-29(33)28-20-32(38(34,35)25-14-7-21(2)8-15-25)26-19-23(30(3,4)5)11-16-27(26)37-28/h7-16,19,28H,6,17-18,20H2,1-5H3,(H,31,33)/t28-/m0/s1. The monoisotopic (exact) mass is 536 g/mol. The molecule has 0 saturated heterocycles. The molecule has 1 amide bonds. The van der Waals surface area contributed by atoms with Gasteiger partial charge in [-0.1, -0.05) is 63.6 Å². The highest BCUT2D eigenvalue weighted by molar-refractivity contribution is 7.92. The number of nitrogens with zero attached hydrogens (tertiary/aromatic N) is 1. The molecule has 0 aliphatic carbocycles. The number of anilines is 1. The Labute approximate surface area is 225 Å². The van der Waals surface area contributed by atoms with Crippen LogP contribution in [0.15, 0.2) is 71.6 Å². The topological polar surface area (TPSA) is 84.9 Å². The normalized spacial score (nSPS) is 15.4. The lowest BCUT2D eigenvalue weighted by atomic mass is 9.86. The summed E-state index contributed by atoms with van der Waals surface area (Å²) in [7, 11) is -3.94. The van der Waals surface area contributed by atoms with Crippen molar-refractivity contribution in [2.24, 2.45) is 0 Å². The van der Waals surface area contributed by atoms with Crippen LogP contribution in [0, 0.1) is 6.92 Å². The third-order valence-corrected chi connectivity index (χ3v) is 8.39. The molecule has 3 aromatic rings. The molecule has 0 unspecified atom stereocenters. The second-order valence-corrected chi connectivity index (χ2v) is 12.4. The SMILES string of the molecule is CCc1ccc(OCCNC(=O)[C@@H]2CN(S(=O)(=O)c3ccc(C)cc3)c3cc(C(C)(C)C)ccc3O2)cc1. The Bertz CT molecular complexity index is 1380. The highest BCUT2D eigenvalue weighted by atomic mass is 32.2. The molecule has 1 aliphatic rings. The number of hydrogen-bond donors (Lipinski definition) is 1. The van der Waals surface area contributed by atoms with E-state index in [2.05, 4.69) is 33.0 Å². The highest BCUT2D eigenvalue weighted by Gasteiger charge is 2.38. The van der Waals surface area contributed by atoms with Crippen LogP contribution in [0.1, 0.15) is 44.4 Å². The number of sulfonamides is 1. The van der Waals surface area contributed by atoms with E-state index in [0.29, 0.717) is 11.4 Å². The molecule has 7 nitrogen and oxygen atoms in total. The number of rotatable bonds is 8. The van der Waals surface area contributed by atoms with Gasteiger partial charge in [-0.15, -0.1) is 0 Å². The van der Waals surface area contributed by atoms with Crippen molar-refractivity contribution in [3.63, 3.8) is 0 Å². The maximum absolute atomic E-state index is 13.8. The second-order valence-electron chi connectivity index (χ2n) is 10.5. The summed E-state index contributed by atoms with van der Waals surface area (Å²) in [5.41, 5.74) is 3.39. The van der Waals surface area contributed by atoms with Crippen LogP contribution in [-0.4, -0.2) is 40.1 Å². The number of benzene rings is 3. The highest BCUT2D eigenvalue weighted by Crippen LogP contribution is 2.40. The van der Waals surface area contributed by atoms with Gasteiger partial charge in [0.25, 0.3) is 15.9 Å². The number of aryl methyl sites for hydroxylation is 2. The molecule has 4 rings (SSSR count). The molecule has 0 saturated carbocycles. The number of amides is 1. The van der Waals surface area contributed by atoms with Gasteiger partial charge in [-0.25, -0.2) is 8.42 Å². The molecule has 0 aromatic heterocycles. The summed E-state index contributed by atoms with van der Waals surface area (Å²) >= 11 is 0. The lowest BCUT2D eigenvalue weighted by Gasteiger charge is -2.36. The summed E-state index contributed by atoms with van der Waals surface area (Å²) in [4.78, 5) is 13.2. The maximum atomic E-state index is 13.8. The number of ether oxygens (including phenoxy) is 2. The predicted molar refractivity (Wildman–Crippen MR) is 150 cm³/mol. The number of nitrogens with one attached hydrogen (secondary N) is 1. The zero-order valence-corrected chi connectivity index (χ0v) is 23.5. The van der Waals surface area contributed by atoms with Crippen LogP contribution in [-0.2, 0) is 26.7 Å². The molecule has 8 heteroatoms. The zero-order valence-electron chi connectivity index (χ0n) is 22.7. The molecule has 1 atom stereocenters. The summed E-state index contributed by atoms with van der Waals surface area (Å²) in [5.74, 6) is 0.682. The van der Waals surface area contributed by atoms with Crippen LogP contribution in [0.25, 0.3) is 0 Å². The molecule has 1 N–H and O–H groups in total. The first-order valence-corrected chi connectivity index (χ1v) is 14.3. The van der Waals surface area contributed by atoms with E-state index in [1.54, 1.807) is 30.3 Å². The predicted octanol–water partition coefficient (Wildman–Crippen LogP) is 5.01. The number of hydrogen-bond acceptors (Lipinski definition) is 5. The van der Waals surface area contributed by atoms with Crippen molar-refractivity contribution in [3.05, 3.63) is 83.4 Å². The Morgan fingerprint density at radius 1 is 1.05 bits per heavy atom. The Hall–Kier alpha value is -3.52. The average Bonchev–Trinajstić information content (AvgIpc) is 2.90. The molecule has 0 bridgehead atoms. The Morgan fingerprint density at radius 2 is 1.74 bits per heavy atom. The van der Waals surface area contributed by atoms with Gasteiger partial charge >= 0.3 is 0 Å². The number of carbonyl (C=O) groups excluding carboxylic acids is 1. The van der Waals surface area contributed by atoms with Gasteiger partial charge in [-0.05, 0) is 66.3 Å². The summed E-state index contributed by atoms with van der Waals surface area (Å²) in [6, 6.07) is 20.0. The van der Waals surface area contributed by atoms with E-state index in [4.69, 9.17) is 9.47 Å². The van der Waals surface area contributed by atoms with Crippen molar-refractivity contribution in [2.75, 3.05) is 24.0 Å². The van der Waals surface area contributed by atoms with Gasteiger partial charge in [0.15, 0.2) is 6.10 Å². The molecule has 0 spiro atoms. The molecule has 0 radical (unpaired) electrons. The van der Waals surface area contributed by atoms with Crippen LogP contribution in [0.4, 0.5) is 5.69 Å². The summed E-state index contributed by atoms with van der Waals surface area (Å²) in [6.07, 6.45) is -0.0540.